The van der Waals surface area contributed by atoms with Crippen LogP contribution in [0.4, 0.5) is 11.4 Å². The Morgan fingerprint density at radius 2 is 1.86 bits per heavy atom. The number of hydrogen-bond acceptors (Lipinski definition) is 5. The largest absolute Gasteiger partial charge is 0.465 e. The Morgan fingerprint density at radius 1 is 1.08 bits per heavy atom. The van der Waals surface area contributed by atoms with Crippen LogP contribution in [0.1, 0.15) is 51.6 Å². The van der Waals surface area contributed by atoms with Crippen LogP contribution in [0.25, 0.3) is 16.1 Å². The molecule has 1 aromatic heterocycles. The summed E-state index contributed by atoms with van der Waals surface area (Å²) in [5.41, 5.74) is 5.15. The van der Waals surface area contributed by atoms with Gasteiger partial charge in [0.15, 0.2) is 5.69 Å². The minimum Gasteiger partial charge on any atom is -0.465 e. The molecule has 0 N–H and O–H groups in total. The van der Waals surface area contributed by atoms with E-state index in [-0.39, 0.29) is 11.8 Å². The van der Waals surface area contributed by atoms with E-state index in [1.165, 1.54) is 20.2 Å². The van der Waals surface area contributed by atoms with Gasteiger partial charge in [-0.1, -0.05) is 24.3 Å². The van der Waals surface area contributed by atoms with E-state index in [1.54, 1.807) is 40.1 Å². The summed E-state index contributed by atoms with van der Waals surface area (Å²) in [6.45, 7) is 10.2. The van der Waals surface area contributed by atoms with Gasteiger partial charge in [0.05, 0.1) is 36.2 Å². The summed E-state index contributed by atoms with van der Waals surface area (Å²) >= 11 is 0. The molecule has 1 saturated carbocycles. The zero-order chi connectivity index (χ0) is 26.1. The van der Waals surface area contributed by atoms with Crippen molar-refractivity contribution in [1.82, 2.24) is 9.88 Å². The number of methoxy groups -OCH3 is 1. The molecule has 2 aliphatic rings. The molecule has 8 heteroatoms. The quantitative estimate of drug-likeness (QED) is 0.356. The molecule has 1 aliphatic heterocycles. The first kappa shape index (κ1) is 24.2. The van der Waals surface area contributed by atoms with E-state index >= 15 is 0 Å². The first-order valence-corrected chi connectivity index (χ1v) is 12.1. The van der Waals surface area contributed by atoms with Gasteiger partial charge in [0.1, 0.15) is 0 Å². The summed E-state index contributed by atoms with van der Waals surface area (Å²) in [4.78, 5) is 49.4. The van der Waals surface area contributed by atoms with Gasteiger partial charge in [0.25, 0.3) is 5.91 Å². The number of rotatable bonds is 6. The summed E-state index contributed by atoms with van der Waals surface area (Å²) in [5.74, 6) is -0.331. The first-order chi connectivity index (χ1) is 17.9. The molecular weight excluding hydrogens is 468 g/mol. The molecule has 0 atom stereocenters. The molecule has 2 heterocycles. The van der Waals surface area contributed by atoms with Gasteiger partial charge in [-0.3, -0.25) is 14.6 Å². The highest BCUT2D eigenvalue weighted by Crippen LogP contribution is 2.34. The van der Waals surface area contributed by atoms with Gasteiger partial charge in [-0.05, 0) is 54.2 Å². The molecular formula is C29H26N4O4. The van der Waals surface area contributed by atoms with Crippen molar-refractivity contribution in [3.8, 4) is 11.3 Å². The van der Waals surface area contributed by atoms with E-state index in [2.05, 4.69) is 9.83 Å². The normalized spacial score (nSPS) is 14.0. The number of benzene rings is 2. The summed E-state index contributed by atoms with van der Waals surface area (Å²) in [6.07, 6.45) is 3.69. The van der Waals surface area contributed by atoms with Crippen LogP contribution in [-0.4, -0.2) is 41.3 Å². The lowest BCUT2D eigenvalue weighted by Crippen LogP contribution is -2.32. The third kappa shape index (κ3) is 4.94. The molecule has 37 heavy (non-hydrogen) atoms. The number of pyridine rings is 1. The molecule has 0 unspecified atom stereocenters. The van der Waals surface area contributed by atoms with Crippen LogP contribution < -0.4 is 4.90 Å². The molecule has 186 valence electrons. The predicted octanol–water partition coefficient (Wildman–Crippen LogP) is 5.00. The third-order valence-electron chi connectivity index (χ3n) is 6.85. The summed E-state index contributed by atoms with van der Waals surface area (Å²) in [6, 6.07) is 14.2. The zero-order valence-corrected chi connectivity index (χ0v) is 20.7. The fraction of sp³-hybridized carbons (Fsp3) is 0.276. The number of amides is 2. The van der Waals surface area contributed by atoms with Crippen molar-refractivity contribution in [1.29, 1.82) is 0 Å². The van der Waals surface area contributed by atoms with Gasteiger partial charge in [-0.15, -0.1) is 0 Å². The van der Waals surface area contributed by atoms with E-state index in [1.807, 2.05) is 18.2 Å². The summed E-state index contributed by atoms with van der Waals surface area (Å²) < 4.78 is 5.00. The van der Waals surface area contributed by atoms with Gasteiger partial charge < -0.3 is 14.5 Å². The van der Waals surface area contributed by atoms with E-state index < -0.39 is 5.97 Å². The van der Waals surface area contributed by atoms with Crippen LogP contribution in [0.3, 0.4) is 0 Å². The van der Waals surface area contributed by atoms with Crippen LogP contribution >= 0.6 is 0 Å². The number of fused-ring (bicyclic) bond motifs is 1. The Kier molecular flexibility index (Phi) is 6.45. The van der Waals surface area contributed by atoms with Gasteiger partial charge in [-0.2, -0.15) is 0 Å². The Balaban J connectivity index is 1.38. The number of nitrogens with zero attached hydrogens (tertiary/aromatic N) is 4. The number of ether oxygens (including phenoxy) is 1. The van der Waals surface area contributed by atoms with Crippen LogP contribution in [0.15, 0.2) is 54.7 Å². The average Bonchev–Trinajstić information content (AvgIpc) is 3.65. The van der Waals surface area contributed by atoms with Crippen LogP contribution in [0, 0.1) is 12.5 Å². The maximum absolute atomic E-state index is 13.1. The van der Waals surface area contributed by atoms with Crippen molar-refractivity contribution < 1.29 is 19.1 Å². The van der Waals surface area contributed by atoms with Gasteiger partial charge in [-0.25, -0.2) is 9.64 Å². The van der Waals surface area contributed by atoms with E-state index in [4.69, 9.17) is 11.3 Å². The second-order valence-corrected chi connectivity index (χ2v) is 9.45. The number of anilines is 1. The topological polar surface area (TPSA) is 84.2 Å². The Hall–Kier alpha value is -4.51. The third-order valence-corrected chi connectivity index (χ3v) is 6.85. The Morgan fingerprint density at radius 3 is 2.51 bits per heavy atom. The number of hydrogen-bond donors (Lipinski definition) is 0. The lowest BCUT2D eigenvalue weighted by atomic mass is 10.0. The van der Waals surface area contributed by atoms with Gasteiger partial charge in [0.2, 0.25) is 5.91 Å². The fourth-order valence-electron chi connectivity index (χ4n) is 4.63. The van der Waals surface area contributed by atoms with Crippen LogP contribution in [-0.2, 0) is 22.6 Å². The maximum Gasteiger partial charge on any atom is 0.340 e. The average molecular weight is 495 g/mol. The highest BCUT2D eigenvalue weighted by atomic mass is 16.5. The number of aromatic nitrogens is 1. The molecule has 1 fully saturated rings. The lowest BCUT2D eigenvalue weighted by Gasteiger charge is -2.23. The predicted molar refractivity (Wildman–Crippen MR) is 138 cm³/mol. The molecule has 0 spiro atoms. The molecule has 2 amide bonds. The van der Waals surface area contributed by atoms with E-state index in [0.717, 1.165) is 24.0 Å². The van der Waals surface area contributed by atoms with Crippen molar-refractivity contribution in [2.75, 3.05) is 18.6 Å². The SMILES string of the molecule is [C-]#[N+]c1ccc2c(c1)CN(C(=O)c1ccc(-c3ccc(N(CC4CC4)C(C)=O)c(C(=O)OC)c3)nc1)C2. The maximum atomic E-state index is 13.1. The molecule has 2 aromatic carbocycles. The fourth-order valence-corrected chi connectivity index (χ4v) is 4.63. The summed E-state index contributed by atoms with van der Waals surface area (Å²) in [5, 5.41) is 0. The monoisotopic (exact) mass is 494 g/mol. The van der Waals surface area contributed by atoms with Gasteiger partial charge >= 0.3 is 5.97 Å². The zero-order valence-electron chi connectivity index (χ0n) is 20.7. The van der Waals surface area contributed by atoms with Crippen molar-refractivity contribution in [2.24, 2.45) is 5.92 Å². The molecule has 0 saturated heterocycles. The van der Waals surface area contributed by atoms with Crippen molar-refractivity contribution in [2.45, 2.75) is 32.9 Å². The van der Waals surface area contributed by atoms with Crippen molar-refractivity contribution in [3.05, 3.63) is 88.4 Å². The standard InChI is InChI=1S/C29H26N4O4/c1-18(34)33(15-19-4-5-19)27-11-8-20(13-25(27)29(36)37-3)26-10-7-21(14-31-26)28(35)32-16-22-6-9-24(30-2)12-23(22)17-32/h6-14,19H,4-5,15-17H2,1,3H3. The Labute approximate surface area is 215 Å². The first-order valence-electron chi connectivity index (χ1n) is 12.1. The minimum absolute atomic E-state index is 0.125. The highest BCUT2D eigenvalue weighted by Gasteiger charge is 2.29. The molecule has 8 nitrogen and oxygen atoms in total. The highest BCUT2D eigenvalue weighted by molar-refractivity contribution is 6.03. The smallest absolute Gasteiger partial charge is 0.340 e. The van der Waals surface area contributed by atoms with Gasteiger partial charge in [0, 0.05) is 38.3 Å². The van der Waals surface area contributed by atoms with E-state index in [0.29, 0.717) is 59.3 Å². The van der Waals surface area contributed by atoms with Crippen LogP contribution in [0.2, 0.25) is 0 Å². The lowest BCUT2D eigenvalue weighted by molar-refractivity contribution is -0.116. The molecule has 0 radical (unpaired) electrons. The molecule has 5 rings (SSSR count). The molecule has 0 bridgehead atoms. The number of carbonyl (C=O) groups excluding carboxylic acids is 3. The van der Waals surface area contributed by atoms with E-state index in [9.17, 15) is 14.4 Å². The molecule has 1 aliphatic carbocycles. The van der Waals surface area contributed by atoms with Crippen molar-refractivity contribution in [3.63, 3.8) is 0 Å². The number of esters is 1. The van der Waals surface area contributed by atoms with Crippen molar-refractivity contribution >= 4 is 29.2 Å². The van der Waals surface area contributed by atoms with Crippen LogP contribution in [0.5, 0.6) is 0 Å². The summed E-state index contributed by atoms with van der Waals surface area (Å²) in [7, 11) is 1.32. The number of carbonyl (C=O) groups is 3. The second kappa shape index (κ2) is 9.86. The Bertz CT molecular complexity index is 1440. The minimum atomic E-state index is -0.527. The second-order valence-electron chi connectivity index (χ2n) is 9.45. The molecule has 3 aromatic rings.